The number of unbranched alkanes of at least 4 members (excludes halogenated alkanes) is 35. The van der Waals surface area contributed by atoms with Crippen LogP contribution in [0.1, 0.15) is 290 Å². The third-order valence-corrected chi connectivity index (χ3v) is 15.3. The fraction of sp³-hybridized carbons (Fsp3) is 0.862. The van der Waals surface area contributed by atoms with Crippen LogP contribution >= 0.6 is 0 Å². The number of allylic oxidation sites excluding steroid dienone is 8. The maximum Gasteiger partial charge on any atom is 0.249 e. The molecule has 0 aromatic carbocycles. The van der Waals surface area contributed by atoms with Crippen molar-refractivity contribution in [1.29, 1.82) is 0 Å². The number of aliphatic hydroxyl groups excluding tert-OH is 7. The Morgan fingerprint density at radius 2 is 0.789 bits per heavy atom. The molecule has 11 nitrogen and oxygen atoms in total. The van der Waals surface area contributed by atoms with Crippen LogP contribution in [0.2, 0.25) is 0 Å². The maximum absolute atomic E-state index is 13.2. The molecule has 76 heavy (non-hydrogen) atoms. The highest BCUT2D eigenvalue weighted by atomic mass is 16.7. The van der Waals surface area contributed by atoms with Gasteiger partial charge in [0.25, 0.3) is 0 Å². The summed E-state index contributed by atoms with van der Waals surface area (Å²) in [4.78, 5) is 13.2. The Balaban J connectivity index is 2.28. The first kappa shape index (κ1) is 72.1. The first-order chi connectivity index (χ1) is 37.2. The minimum atomic E-state index is -1.68. The average Bonchev–Trinajstić information content (AvgIpc) is 3.42. The van der Waals surface area contributed by atoms with Gasteiger partial charge in [0, 0.05) is 0 Å². The molecule has 1 fully saturated rings. The van der Waals surface area contributed by atoms with Crippen molar-refractivity contribution < 1.29 is 50.0 Å². The molecule has 1 aliphatic rings. The second kappa shape index (κ2) is 53.7. The fourth-order valence-corrected chi connectivity index (χ4v) is 10.1. The predicted octanol–water partition coefficient (Wildman–Crippen LogP) is 14.4. The SMILES string of the molecule is CCCCCCCCCC/C=C\CCCCCCCCC(O)C(=O)NC(COC1OC(CO)C(O)C(O)C1O)C(O)C(O)CCC/C=C/CC/C=C/CC/C=C/CCCCCCCCCCCCCCCCCCCC. The summed E-state index contributed by atoms with van der Waals surface area (Å²) in [5.74, 6) is -0.716. The summed E-state index contributed by atoms with van der Waals surface area (Å²) in [5.41, 5.74) is 0. The Labute approximate surface area is 466 Å². The van der Waals surface area contributed by atoms with E-state index in [2.05, 4.69) is 67.8 Å². The molecular weight excluding hydrogens is 955 g/mol. The Morgan fingerprint density at radius 3 is 1.17 bits per heavy atom. The van der Waals surface area contributed by atoms with Crippen molar-refractivity contribution in [2.75, 3.05) is 13.2 Å². The highest BCUT2D eigenvalue weighted by molar-refractivity contribution is 5.80. The van der Waals surface area contributed by atoms with Gasteiger partial charge < -0.3 is 50.5 Å². The van der Waals surface area contributed by atoms with Gasteiger partial charge in [0.05, 0.1) is 25.4 Å². The standard InChI is InChI=1S/C65H121NO10/c1-3-5-7-9-11-13-15-17-19-21-23-24-25-26-27-28-29-30-31-32-33-34-35-37-38-40-42-44-46-48-50-52-57(68)60(70)56(55-75-65-63(73)62(72)61(71)59(54-67)76-65)66-64(74)58(69)53-51-49-47-45-43-41-39-36-22-20-18-16-14-12-10-8-6-4-2/h22,32-33,36-38,44,46,56-63,65,67-73H,3-21,23-31,34-35,39-43,45,47-55H2,1-2H3,(H,66,74)/b33-32+,36-22-,38-37+,46-44+. The molecule has 1 rings (SSSR count). The Kier molecular flexibility index (Phi) is 50.9. The summed E-state index contributed by atoms with van der Waals surface area (Å²) < 4.78 is 11.1. The molecule has 0 radical (unpaired) electrons. The van der Waals surface area contributed by atoms with Crippen molar-refractivity contribution in [1.82, 2.24) is 5.32 Å². The molecular formula is C65H121NO10. The van der Waals surface area contributed by atoms with Gasteiger partial charge in [-0.2, -0.15) is 0 Å². The van der Waals surface area contributed by atoms with Crippen molar-refractivity contribution in [2.45, 2.75) is 345 Å². The number of aliphatic hydroxyl groups is 7. The summed E-state index contributed by atoms with van der Waals surface area (Å²) in [7, 11) is 0. The lowest BCUT2D eigenvalue weighted by atomic mass is 9.98. The van der Waals surface area contributed by atoms with Gasteiger partial charge in [-0.1, -0.05) is 249 Å². The average molecular weight is 1080 g/mol. The predicted molar refractivity (Wildman–Crippen MR) is 316 cm³/mol. The number of ether oxygens (including phenoxy) is 2. The molecule has 0 aromatic heterocycles. The van der Waals surface area contributed by atoms with Gasteiger partial charge in [0.1, 0.15) is 36.6 Å². The normalized spacial score (nSPS) is 19.9. The topological polar surface area (TPSA) is 189 Å². The molecule has 11 heteroatoms. The summed E-state index contributed by atoms with van der Waals surface area (Å²) in [6.45, 7) is 3.46. The van der Waals surface area contributed by atoms with E-state index in [1.807, 2.05) is 0 Å². The van der Waals surface area contributed by atoms with E-state index in [1.165, 1.54) is 180 Å². The smallest absolute Gasteiger partial charge is 0.249 e. The number of carbonyl (C=O) groups excluding carboxylic acids is 1. The molecule has 1 saturated heterocycles. The first-order valence-corrected chi connectivity index (χ1v) is 32.0. The zero-order valence-corrected chi connectivity index (χ0v) is 49.0. The molecule has 0 bridgehead atoms. The van der Waals surface area contributed by atoms with Gasteiger partial charge in [-0.25, -0.2) is 0 Å². The summed E-state index contributed by atoms with van der Waals surface area (Å²) in [6, 6.07) is -1.20. The number of hydrogen-bond donors (Lipinski definition) is 8. The van der Waals surface area contributed by atoms with E-state index in [4.69, 9.17) is 9.47 Å². The number of nitrogens with one attached hydrogen (secondary N) is 1. The van der Waals surface area contributed by atoms with Crippen LogP contribution in [0.4, 0.5) is 0 Å². The van der Waals surface area contributed by atoms with Crippen LogP contribution in [0.3, 0.4) is 0 Å². The van der Waals surface area contributed by atoms with E-state index in [0.717, 1.165) is 64.2 Å². The van der Waals surface area contributed by atoms with Gasteiger partial charge in [-0.05, 0) is 89.9 Å². The second-order valence-electron chi connectivity index (χ2n) is 22.5. The van der Waals surface area contributed by atoms with Crippen LogP contribution in [0.5, 0.6) is 0 Å². The zero-order chi connectivity index (χ0) is 55.4. The molecule has 0 aliphatic carbocycles. The molecule has 1 aliphatic heterocycles. The molecule has 8 N–H and O–H groups in total. The second-order valence-corrected chi connectivity index (χ2v) is 22.5. The largest absolute Gasteiger partial charge is 0.394 e. The zero-order valence-electron chi connectivity index (χ0n) is 49.0. The van der Waals surface area contributed by atoms with Gasteiger partial charge in [0.15, 0.2) is 6.29 Å². The number of rotatable bonds is 55. The van der Waals surface area contributed by atoms with E-state index >= 15 is 0 Å². The van der Waals surface area contributed by atoms with Crippen molar-refractivity contribution in [3.8, 4) is 0 Å². The summed E-state index contributed by atoms with van der Waals surface area (Å²) >= 11 is 0. The van der Waals surface area contributed by atoms with Crippen LogP contribution < -0.4 is 5.32 Å². The van der Waals surface area contributed by atoms with Crippen LogP contribution in [0.15, 0.2) is 48.6 Å². The highest BCUT2D eigenvalue weighted by Crippen LogP contribution is 2.23. The molecule has 0 aromatic rings. The molecule has 446 valence electrons. The molecule has 9 unspecified atom stereocenters. The van der Waals surface area contributed by atoms with Crippen LogP contribution in [0, 0.1) is 0 Å². The third kappa shape index (κ3) is 41.1. The third-order valence-electron chi connectivity index (χ3n) is 15.3. The van der Waals surface area contributed by atoms with E-state index < -0.39 is 74.2 Å². The van der Waals surface area contributed by atoms with Crippen LogP contribution in [0.25, 0.3) is 0 Å². The number of carbonyl (C=O) groups is 1. The maximum atomic E-state index is 13.2. The Morgan fingerprint density at radius 1 is 0.447 bits per heavy atom. The molecule has 1 amide bonds. The lowest BCUT2D eigenvalue weighted by molar-refractivity contribution is -0.303. The van der Waals surface area contributed by atoms with E-state index in [0.29, 0.717) is 19.3 Å². The molecule has 1 heterocycles. The van der Waals surface area contributed by atoms with E-state index in [-0.39, 0.29) is 12.8 Å². The van der Waals surface area contributed by atoms with Gasteiger partial charge in [0.2, 0.25) is 5.91 Å². The first-order valence-electron chi connectivity index (χ1n) is 32.0. The van der Waals surface area contributed by atoms with Crippen molar-refractivity contribution in [2.24, 2.45) is 0 Å². The lowest BCUT2D eigenvalue weighted by Gasteiger charge is -2.40. The van der Waals surface area contributed by atoms with Crippen molar-refractivity contribution in [3.63, 3.8) is 0 Å². The molecule has 9 atom stereocenters. The summed E-state index contributed by atoms with van der Waals surface area (Å²) in [6.07, 6.45) is 57.6. The number of amides is 1. The minimum absolute atomic E-state index is 0.239. The lowest BCUT2D eigenvalue weighted by Crippen LogP contribution is -2.60. The Hall–Kier alpha value is -1.93. The van der Waals surface area contributed by atoms with Gasteiger partial charge in [-0.15, -0.1) is 0 Å². The van der Waals surface area contributed by atoms with Crippen molar-refractivity contribution >= 4 is 5.91 Å². The van der Waals surface area contributed by atoms with Gasteiger partial charge >= 0.3 is 0 Å². The quantitative estimate of drug-likeness (QED) is 0.0215. The Bertz CT molecular complexity index is 1370. The molecule has 0 spiro atoms. The molecule has 0 saturated carbocycles. The van der Waals surface area contributed by atoms with E-state index in [9.17, 15) is 40.5 Å². The highest BCUT2D eigenvalue weighted by Gasteiger charge is 2.44. The van der Waals surface area contributed by atoms with Crippen molar-refractivity contribution in [3.05, 3.63) is 48.6 Å². The van der Waals surface area contributed by atoms with Crippen LogP contribution in [-0.2, 0) is 14.3 Å². The monoisotopic (exact) mass is 1080 g/mol. The number of hydrogen-bond acceptors (Lipinski definition) is 10. The van der Waals surface area contributed by atoms with Crippen LogP contribution in [-0.4, -0.2) is 110 Å². The fourth-order valence-electron chi connectivity index (χ4n) is 10.1. The summed E-state index contributed by atoms with van der Waals surface area (Å²) in [5, 5.41) is 76.2. The van der Waals surface area contributed by atoms with Gasteiger partial charge in [-0.3, -0.25) is 4.79 Å². The van der Waals surface area contributed by atoms with E-state index in [1.54, 1.807) is 0 Å². The minimum Gasteiger partial charge on any atom is -0.394 e.